The number of hydrogen-bond donors (Lipinski definition) is 2. The summed E-state index contributed by atoms with van der Waals surface area (Å²) in [6, 6.07) is 11.2. The van der Waals surface area contributed by atoms with Crippen LogP contribution in [0.3, 0.4) is 0 Å². The van der Waals surface area contributed by atoms with Crippen LogP contribution >= 0.6 is 0 Å². The second-order valence-corrected chi connectivity index (χ2v) is 4.97. The highest BCUT2D eigenvalue weighted by molar-refractivity contribution is 6.15. The third-order valence-electron chi connectivity index (χ3n) is 3.52. The molecule has 0 fully saturated rings. The van der Waals surface area contributed by atoms with Crippen molar-refractivity contribution in [3.05, 3.63) is 59.5 Å². The molecule has 1 aromatic heterocycles. The molecule has 0 radical (unpaired) electrons. The summed E-state index contributed by atoms with van der Waals surface area (Å²) >= 11 is 0. The SMILES string of the molecule is COc1cccc2[nH]c(C)c(C(=O)Nc3ccc(F)cc3)c12. The van der Waals surface area contributed by atoms with Gasteiger partial charge >= 0.3 is 0 Å². The third kappa shape index (κ3) is 2.41. The van der Waals surface area contributed by atoms with E-state index in [1.54, 1.807) is 7.11 Å². The molecule has 0 bridgehead atoms. The fourth-order valence-electron chi connectivity index (χ4n) is 2.53. The molecule has 112 valence electrons. The number of carbonyl (C=O) groups excluding carboxylic acids is 1. The topological polar surface area (TPSA) is 54.1 Å². The van der Waals surface area contributed by atoms with Crippen LogP contribution in [-0.4, -0.2) is 18.0 Å². The minimum absolute atomic E-state index is 0.264. The number of anilines is 1. The zero-order valence-corrected chi connectivity index (χ0v) is 12.2. The zero-order valence-electron chi connectivity index (χ0n) is 12.2. The Morgan fingerprint density at radius 1 is 1.18 bits per heavy atom. The van der Waals surface area contributed by atoms with Crippen LogP contribution in [0, 0.1) is 12.7 Å². The van der Waals surface area contributed by atoms with Gasteiger partial charge in [0.1, 0.15) is 11.6 Å². The third-order valence-corrected chi connectivity index (χ3v) is 3.52. The van der Waals surface area contributed by atoms with Crippen LogP contribution in [0.15, 0.2) is 42.5 Å². The number of amides is 1. The Labute approximate surface area is 126 Å². The second-order valence-electron chi connectivity index (χ2n) is 4.97. The van der Waals surface area contributed by atoms with E-state index in [2.05, 4.69) is 10.3 Å². The van der Waals surface area contributed by atoms with Gasteiger partial charge < -0.3 is 15.0 Å². The van der Waals surface area contributed by atoms with E-state index < -0.39 is 0 Å². The van der Waals surface area contributed by atoms with Crippen LogP contribution in [0.25, 0.3) is 10.9 Å². The first-order valence-electron chi connectivity index (χ1n) is 6.82. The lowest BCUT2D eigenvalue weighted by atomic mass is 10.1. The lowest BCUT2D eigenvalue weighted by molar-refractivity contribution is 0.102. The van der Waals surface area contributed by atoms with Crippen LogP contribution in [0.2, 0.25) is 0 Å². The number of H-pyrrole nitrogens is 1. The lowest BCUT2D eigenvalue weighted by Crippen LogP contribution is -2.13. The minimum Gasteiger partial charge on any atom is -0.496 e. The molecule has 0 aliphatic heterocycles. The van der Waals surface area contributed by atoms with Crippen LogP contribution < -0.4 is 10.1 Å². The van der Waals surface area contributed by atoms with Crippen molar-refractivity contribution in [2.45, 2.75) is 6.92 Å². The number of nitrogens with one attached hydrogen (secondary N) is 2. The van der Waals surface area contributed by atoms with Crippen molar-refractivity contribution in [1.29, 1.82) is 0 Å². The van der Waals surface area contributed by atoms with E-state index in [1.807, 2.05) is 25.1 Å². The van der Waals surface area contributed by atoms with Gasteiger partial charge in [-0.2, -0.15) is 0 Å². The van der Waals surface area contributed by atoms with E-state index in [0.29, 0.717) is 17.0 Å². The van der Waals surface area contributed by atoms with E-state index in [-0.39, 0.29) is 11.7 Å². The second kappa shape index (κ2) is 5.52. The number of rotatable bonds is 3. The first-order valence-corrected chi connectivity index (χ1v) is 6.82. The Hall–Kier alpha value is -2.82. The van der Waals surface area contributed by atoms with Gasteiger partial charge in [-0.25, -0.2) is 4.39 Å². The van der Waals surface area contributed by atoms with E-state index in [9.17, 15) is 9.18 Å². The van der Waals surface area contributed by atoms with Gasteiger partial charge in [0.15, 0.2) is 0 Å². The summed E-state index contributed by atoms with van der Waals surface area (Å²) in [7, 11) is 1.57. The van der Waals surface area contributed by atoms with Gasteiger partial charge in [0, 0.05) is 11.4 Å². The van der Waals surface area contributed by atoms with Crippen molar-refractivity contribution in [2.24, 2.45) is 0 Å². The molecule has 0 aliphatic carbocycles. The molecule has 3 aromatic rings. The number of aromatic nitrogens is 1. The maximum absolute atomic E-state index is 12.9. The van der Waals surface area contributed by atoms with Gasteiger partial charge in [0.05, 0.1) is 23.6 Å². The monoisotopic (exact) mass is 298 g/mol. The Kier molecular flexibility index (Phi) is 3.55. The minimum atomic E-state index is -0.344. The molecule has 0 atom stereocenters. The average Bonchev–Trinajstić information content (AvgIpc) is 2.85. The average molecular weight is 298 g/mol. The van der Waals surface area contributed by atoms with Gasteiger partial charge in [-0.15, -0.1) is 0 Å². The molecule has 0 unspecified atom stereocenters. The van der Waals surface area contributed by atoms with E-state index in [0.717, 1.165) is 16.6 Å². The highest BCUT2D eigenvalue weighted by atomic mass is 19.1. The van der Waals surface area contributed by atoms with E-state index in [1.165, 1.54) is 24.3 Å². The largest absolute Gasteiger partial charge is 0.496 e. The van der Waals surface area contributed by atoms with Gasteiger partial charge in [0.2, 0.25) is 0 Å². The fraction of sp³-hybridized carbons (Fsp3) is 0.118. The van der Waals surface area contributed by atoms with E-state index >= 15 is 0 Å². The Morgan fingerprint density at radius 3 is 2.59 bits per heavy atom. The molecule has 1 amide bonds. The summed E-state index contributed by atoms with van der Waals surface area (Å²) in [4.78, 5) is 15.8. The van der Waals surface area contributed by atoms with Crippen molar-refractivity contribution < 1.29 is 13.9 Å². The summed E-state index contributed by atoms with van der Waals surface area (Å²) in [5.74, 6) is 0.0221. The maximum atomic E-state index is 12.9. The number of aromatic amines is 1. The summed E-state index contributed by atoms with van der Waals surface area (Å²) in [5, 5.41) is 3.51. The van der Waals surface area contributed by atoms with Crippen molar-refractivity contribution in [3.8, 4) is 5.75 Å². The lowest BCUT2D eigenvalue weighted by Gasteiger charge is -2.07. The molecular formula is C17H15FN2O2. The molecule has 2 N–H and O–H groups in total. The Bertz CT molecular complexity index is 838. The molecule has 0 aliphatic rings. The van der Waals surface area contributed by atoms with Crippen LogP contribution in [0.5, 0.6) is 5.75 Å². The van der Waals surface area contributed by atoms with Crippen LogP contribution in [0.1, 0.15) is 16.1 Å². The fourth-order valence-corrected chi connectivity index (χ4v) is 2.53. The van der Waals surface area contributed by atoms with Crippen molar-refractivity contribution in [2.75, 3.05) is 12.4 Å². The van der Waals surface area contributed by atoms with Crippen molar-refractivity contribution in [3.63, 3.8) is 0 Å². The molecular weight excluding hydrogens is 283 g/mol. The smallest absolute Gasteiger partial charge is 0.258 e. The number of halogens is 1. The van der Waals surface area contributed by atoms with Gasteiger partial charge in [0.25, 0.3) is 5.91 Å². The Morgan fingerprint density at radius 2 is 1.91 bits per heavy atom. The number of benzene rings is 2. The molecule has 0 saturated heterocycles. The number of carbonyl (C=O) groups is 1. The standard InChI is InChI=1S/C17H15FN2O2/c1-10-15(16-13(19-10)4-3-5-14(16)22-2)17(21)20-12-8-6-11(18)7-9-12/h3-9,19H,1-2H3,(H,20,21). The molecule has 4 nitrogen and oxygen atoms in total. The van der Waals surface area contributed by atoms with Gasteiger partial charge in [-0.05, 0) is 43.3 Å². The van der Waals surface area contributed by atoms with Gasteiger partial charge in [-0.1, -0.05) is 6.07 Å². The number of methoxy groups -OCH3 is 1. The molecule has 3 rings (SSSR count). The molecule has 0 saturated carbocycles. The predicted octanol–water partition coefficient (Wildman–Crippen LogP) is 3.88. The summed E-state index contributed by atoms with van der Waals surface area (Å²) in [6.45, 7) is 1.83. The number of aryl methyl sites for hydroxylation is 1. The first-order chi connectivity index (χ1) is 10.6. The number of hydrogen-bond acceptors (Lipinski definition) is 2. The highest BCUT2D eigenvalue weighted by Crippen LogP contribution is 2.31. The maximum Gasteiger partial charge on any atom is 0.258 e. The van der Waals surface area contributed by atoms with Crippen LogP contribution in [-0.2, 0) is 0 Å². The summed E-state index contributed by atoms with van der Waals surface area (Å²) in [5.41, 5.74) is 2.65. The van der Waals surface area contributed by atoms with Crippen molar-refractivity contribution in [1.82, 2.24) is 4.98 Å². The van der Waals surface area contributed by atoms with Gasteiger partial charge in [-0.3, -0.25) is 4.79 Å². The predicted molar refractivity (Wildman–Crippen MR) is 83.9 cm³/mol. The molecule has 2 aromatic carbocycles. The van der Waals surface area contributed by atoms with Crippen LogP contribution in [0.4, 0.5) is 10.1 Å². The normalized spacial score (nSPS) is 10.7. The van der Waals surface area contributed by atoms with Crippen molar-refractivity contribution >= 4 is 22.5 Å². The molecule has 22 heavy (non-hydrogen) atoms. The molecule has 5 heteroatoms. The summed E-state index contributed by atoms with van der Waals surface area (Å²) in [6.07, 6.45) is 0. The molecule has 1 heterocycles. The highest BCUT2D eigenvalue weighted by Gasteiger charge is 2.19. The summed E-state index contributed by atoms with van der Waals surface area (Å²) < 4.78 is 18.3. The van der Waals surface area contributed by atoms with E-state index in [4.69, 9.17) is 4.74 Å². The number of fused-ring (bicyclic) bond motifs is 1. The first kappa shape index (κ1) is 14.1. The Balaban J connectivity index is 2.03. The quantitative estimate of drug-likeness (QED) is 0.771. The zero-order chi connectivity index (χ0) is 15.7. The number of ether oxygens (including phenoxy) is 1. The molecule has 0 spiro atoms.